The van der Waals surface area contributed by atoms with Gasteiger partial charge in [0, 0.05) is 23.7 Å². The number of nitrogens with zero attached hydrogens (tertiary/aromatic N) is 2. The Morgan fingerprint density at radius 1 is 1.43 bits per heavy atom. The zero-order valence-electron chi connectivity index (χ0n) is 16.3. The van der Waals surface area contributed by atoms with Gasteiger partial charge in [-0.15, -0.1) is 11.3 Å². The van der Waals surface area contributed by atoms with Crippen molar-refractivity contribution in [2.45, 2.75) is 45.7 Å². The number of H-pyrrole nitrogens is 1. The Morgan fingerprint density at radius 2 is 2.32 bits per heavy atom. The van der Waals surface area contributed by atoms with Gasteiger partial charge >= 0.3 is 0 Å². The van der Waals surface area contributed by atoms with Gasteiger partial charge in [-0.2, -0.15) is 5.10 Å². The molecular formula is C21H26N4O2S. The van der Waals surface area contributed by atoms with E-state index in [9.17, 15) is 4.79 Å². The van der Waals surface area contributed by atoms with Crippen LogP contribution in [-0.4, -0.2) is 34.1 Å². The summed E-state index contributed by atoms with van der Waals surface area (Å²) in [7, 11) is 0. The maximum Gasteiger partial charge on any atom is 0.261 e. The molecule has 1 unspecified atom stereocenters. The fraction of sp³-hybridized carbons (Fsp3) is 0.429. The van der Waals surface area contributed by atoms with E-state index >= 15 is 0 Å². The number of carbonyl (C=O) groups excluding carboxylic acids is 1. The predicted octanol–water partition coefficient (Wildman–Crippen LogP) is 3.99. The second-order valence-electron chi connectivity index (χ2n) is 7.39. The number of rotatable bonds is 7. The molecule has 2 N–H and O–H groups in total. The lowest BCUT2D eigenvalue weighted by Crippen LogP contribution is -2.24. The molecule has 0 radical (unpaired) electrons. The van der Waals surface area contributed by atoms with E-state index in [0.29, 0.717) is 12.6 Å². The smallest absolute Gasteiger partial charge is 0.261 e. The largest absolute Gasteiger partial charge is 0.465 e. The van der Waals surface area contributed by atoms with Crippen LogP contribution in [0.15, 0.2) is 35.0 Å². The molecule has 0 spiro atoms. The Balaban J connectivity index is 1.36. The lowest BCUT2D eigenvalue weighted by molar-refractivity contribution is 0.0958. The highest BCUT2D eigenvalue weighted by molar-refractivity contribution is 7.14. The van der Waals surface area contributed by atoms with E-state index in [1.807, 2.05) is 19.2 Å². The van der Waals surface area contributed by atoms with Crippen LogP contribution in [0.5, 0.6) is 0 Å². The number of likely N-dealkylation sites (tertiary alicyclic amines) is 1. The predicted molar refractivity (Wildman–Crippen MR) is 110 cm³/mol. The number of furan rings is 1. The van der Waals surface area contributed by atoms with Crippen molar-refractivity contribution in [3.05, 3.63) is 63.0 Å². The monoisotopic (exact) mass is 398 g/mol. The summed E-state index contributed by atoms with van der Waals surface area (Å²) in [6.07, 6.45) is 6.71. The molecule has 0 bridgehead atoms. The van der Waals surface area contributed by atoms with Crippen molar-refractivity contribution in [3.8, 4) is 0 Å². The summed E-state index contributed by atoms with van der Waals surface area (Å²) in [5, 5.41) is 9.71. The van der Waals surface area contributed by atoms with E-state index in [2.05, 4.69) is 39.5 Å². The van der Waals surface area contributed by atoms with Crippen LogP contribution in [0.3, 0.4) is 0 Å². The molecule has 1 amide bonds. The molecule has 0 aromatic carbocycles. The number of hydrogen-bond donors (Lipinski definition) is 2. The maximum atomic E-state index is 12.5. The fourth-order valence-corrected chi connectivity index (χ4v) is 4.84. The number of amides is 1. The van der Waals surface area contributed by atoms with Crippen molar-refractivity contribution in [2.75, 3.05) is 13.1 Å². The number of hydrogen-bond acceptors (Lipinski definition) is 5. The lowest BCUT2D eigenvalue weighted by Gasteiger charge is -2.22. The molecule has 0 saturated carbocycles. The molecule has 1 fully saturated rings. The van der Waals surface area contributed by atoms with Gasteiger partial charge in [0.25, 0.3) is 5.91 Å². The summed E-state index contributed by atoms with van der Waals surface area (Å²) >= 11 is 1.61. The summed E-state index contributed by atoms with van der Waals surface area (Å²) in [4.78, 5) is 17.0. The number of aryl methyl sites for hydroxylation is 2. The number of aromatic amines is 1. The molecule has 1 saturated heterocycles. The van der Waals surface area contributed by atoms with Gasteiger partial charge in [-0.1, -0.05) is 0 Å². The number of carbonyl (C=O) groups is 1. The molecule has 4 rings (SSSR count). The van der Waals surface area contributed by atoms with Crippen LogP contribution < -0.4 is 5.32 Å². The summed E-state index contributed by atoms with van der Waals surface area (Å²) in [5.74, 6) is 2.02. The Kier molecular flexibility index (Phi) is 5.64. The normalized spacial score (nSPS) is 17.3. The minimum atomic E-state index is 0.00146. The zero-order valence-corrected chi connectivity index (χ0v) is 17.1. The van der Waals surface area contributed by atoms with E-state index in [1.54, 1.807) is 17.5 Å². The van der Waals surface area contributed by atoms with Crippen LogP contribution in [0.4, 0.5) is 0 Å². The Morgan fingerprint density at radius 3 is 3.07 bits per heavy atom. The van der Waals surface area contributed by atoms with Crippen molar-refractivity contribution in [1.29, 1.82) is 0 Å². The molecule has 4 heterocycles. The van der Waals surface area contributed by atoms with Gasteiger partial charge in [0.1, 0.15) is 11.5 Å². The third-order valence-electron chi connectivity index (χ3n) is 5.37. The molecule has 28 heavy (non-hydrogen) atoms. The van der Waals surface area contributed by atoms with Gasteiger partial charge in [0.15, 0.2) is 0 Å². The molecule has 1 atom stereocenters. The van der Waals surface area contributed by atoms with E-state index < -0.39 is 0 Å². The highest BCUT2D eigenvalue weighted by Crippen LogP contribution is 2.37. The van der Waals surface area contributed by atoms with Crippen molar-refractivity contribution >= 4 is 17.2 Å². The van der Waals surface area contributed by atoms with Crippen LogP contribution >= 0.6 is 11.3 Å². The Labute approximate surface area is 168 Å². The maximum absolute atomic E-state index is 12.5. The zero-order chi connectivity index (χ0) is 19.5. The highest BCUT2D eigenvalue weighted by atomic mass is 32.1. The average molecular weight is 399 g/mol. The van der Waals surface area contributed by atoms with E-state index in [1.165, 1.54) is 16.9 Å². The first-order valence-electron chi connectivity index (χ1n) is 9.75. The SMILES string of the molecule is Cc1cc(CN2CCCC2c2ccc(C(=O)NCCc3cn[nH]c3)s2)oc1C. The van der Waals surface area contributed by atoms with Crippen molar-refractivity contribution in [1.82, 2.24) is 20.4 Å². The third kappa shape index (κ3) is 4.20. The highest BCUT2D eigenvalue weighted by Gasteiger charge is 2.28. The minimum absolute atomic E-state index is 0.00146. The molecular weight excluding hydrogens is 372 g/mol. The molecule has 148 valence electrons. The van der Waals surface area contributed by atoms with Crippen LogP contribution in [0, 0.1) is 13.8 Å². The summed E-state index contributed by atoms with van der Waals surface area (Å²) in [5.41, 5.74) is 2.30. The average Bonchev–Trinajstić information content (AvgIpc) is 3.44. The van der Waals surface area contributed by atoms with Gasteiger partial charge < -0.3 is 9.73 Å². The molecule has 7 heteroatoms. The van der Waals surface area contributed by atoms with Crippen LogP contribution in [0.25, 0.3) is 0 Å². The first-order chi connectivity index (χ1) is 13.6. The number of aromatic nitrogens is 2. The standard InChI is InChI=1S/C21H26N4O2S/c1-14-10-17(27-15(14)2)13-25-9-3-4-18(25)19-5-6-20(28-19)21(26)22-8-7-16-11-23-24-12-16/h5-6,10-12,18H,3-4,7-9,13H2,1-2H3,(H,22,26)(H,23,24). The quantitative estimate of drug-likeness (QED) is 0.631. The van der Waals surface area contributed by atoms with Gasteiger partial charge in [-0.25, -0.2) is 0 Å². The van der Waals surface area contributed by atoms with Gasteiger partial charge in [-0.3, -0.25) is 14.8 Å². The lowest BCUT2D eigenvalue weighted by atomic mass is 10.2. The first kappa shape index (κ1) is 19.0. The van der Waals surface area contributed by atoms with Crippen LogP contribution in [0.2, 0.25) is 0 Å². The summed E-state index contributed by atoms with van der Waals surface area (Å²) in [6.45, 7) is 6.59. The van der Waals surface area contributed by atoms with Crippen molar-refractivity contribution in [2.24, 2.45) is 0 Å². The first-order valence-corrected chi connectivity index (χ1v) is 10.6. The fourth-order valence-electron chi connectivity index (χ4n) is 3.74. The van der Waals surface area contributed by atoms with Gasteiger partial charge in [0.2, 0.25) is 0 Å². The molecule has 1 aliphatic rings. The topological polar surface area (TPSA) is 74.2 Å². The summed E-state index contributed by atoms with van der Waals surface area (Å²) < 4.78 is 5.87. The van der Waals surface area contributed by atoms with Crippen LogP contribution in [-0.2, 0) is 13.0 Å². The molecule has 0 aliphatic carbocycles. The third-order valence-corrected chi connectivity index (χ3v) is 6.56. The molecule has 6 nitrogen and oxygen atoms in total. The minimum Gasteiger partial charge on any atom is -0.465 e. The molecule has 3 aromatic rings. The summed E-state index contributed by atoms with van der Waals surface area (Å²) in [6, 6.07) is 6.56. The second kappa shape index (κ2) is 8.32. The van der Waals surface area contributed by atoms with Gasteiger partial charge in [-0.05, 0) is 69.0 Å². The molecule has 1 aliphatic heterocycles. The Bertz CT molecular complexity index is 909. The number of nitrogens with one attached hydrogen (secondary N) is 2. The van der Waals surface area contributed by atoms with Gasteiger partial charge in [0.05, 0.1) is 17.6 Å². The van der Waals surface area contributed by atoms with Crippen molar-refractivity contribution in [3.63, 3.8) is 0 Å². The van der Waals surface area contributed by atoms with E-state index in [-0.39, 0.29) is 5.91 Å². The second-order valence-corrected chi connectivity index (χ2v) is 8.51. The van der Waals surface area contributed by atoms with E-state index in [4.69, 9.17) is 4.42 Å². The Hall–Kier alpha value is -2.38. The van der Waals surface area contributed by atoms with E-state index in [0.717, 1.165) is 47.9 Å². The number of thiophene rings is 1. The van der Waals surface area contributed by atoms with Crippen LogP contribution in [0.1, 0.15) is 56.1 Å². The van der Waals surface area contributed by atoms with Crippen molar-refractivity contribution < 1.29 is 9.21 Å². The molecule has 3 aromatic heterocycles.